The summed E-state index contributed by atoms with van der Waals surface area (Å²) in [5.41, 5.74) is 1.01. The van der Waals surface area contributed by atoms with Crippen LogP contribution < -0.4 is 10.1 Å². The Hall–Kier alpha value is -1.20. The lowest BCUT2D eigenvalue weighted by Crippen LogP contribution is -2.43. The monoisotopic (exact) mass is 281 g/mol. The van der Waals surface area contributed by atoms with E-state index in [1.165, 1.54) is 0 Å². The van der Waals surface area contributed by atoms with Gasteiger partial charge in [-0.1, -0.05) is 18.2 Å². The number of nitrogens with one attached hydrogen (secondary N) is 1. The van der Waals surface area contributed by atoms with Gasteiger partial charge < -0.3 is 9.84 Å². The molecule has 0 radical (unpaired) electrons. The van der Waals surface area contributed by atoms with Crippen molar-refractivity contribution < 1.29 is 14.6 Å². The molecular weight excluding hydrogens is 262 g/mol. The Kier molecular flexibility index (Phi) is 4.06. The fourth-order valence-electron chi connectivity index (χ4n) is 2.26. The van der Waals surface area contributed by atoms with Crippen molar-refractivity contribution in [2.24, 2.45) is 0 Å². The fraction of sp³-hybridized carbons (Fsp3) is 0.500. The maximum atomic E-state index is 11.3. The van der Waals surface area contributed by atoms with E-state index in [4.69, 9.17) is 4.74 Å². The molecule has 0 spiro atoms. The van der Waals surface area contributed by atoms with Crippen LogP contribution in [-0.4, -0.2) is 28.5 Å². The molecule has 19 heavy (non-hydrogen) atoms. The summed E-state index contributed by atoms with van der Waals surface area (Å²) in [5.74, 6) is 0.00531. The van der Waals surface area contributed by atoms with Gasteiger partial charge in [-0.2, -0.15) is 0 Å². The summed E-state index contributed by atoms with van der Waals surface area (Å²) in [7, 11) is 0. The number of benzene rings is 1. The average molecular weight is 281 g/mol. The van der Waals surface area contributed by atoms with Crippen LogP contribution in [0.25, 0.3) is 0 Å². The van der Waals surface area contributed by atoms with E-state index < -0.39 is 12.0 Å². The van der Waals surface area contributed by atoms with Gasteiger partial charge in [0.1, 0.15) is 11.8 Å². The van der Waals surface area contributed by atoms with E-state index in [1.807, 2.05) is 45.0 Å². The normalized spacial score (nSPS) is 25.2. The van der Waals surface area contributed by atoms with Crippen molar-refractivity contribution in [3.63, 3.8) is 0 Å². The van der Waals surface area contributed by atoms with Gasteiger partial charge >= 0.3 is 5.97 Å². The summed E-state index contributed by atoms with van der Waals surface area (Å²) in [6, 6.07) is 7.21. The van der Waals surface area contributed by atoms with Crippen molar-refractivity contribution in [1.29, 1.82) is 0 Å². The number of carbonyl (C=O) groups is 1. The highest BCUT2D eigenvalue weighted by Crippen LogP contribution is 2.47. The summed E-state index contributed by atoms with van der Waals surface area (Å²) < 4.78 is 5.26. The first-order chi connectivity index (χ1) is 8.95. The molecule has 1 saturated heterocycles. The van der Waals surface area contributed by atoms with Gasteiger partial charge in [-0.05, 0) is 26.8 Å². The molecule has 1 aliphatic rings. The number of hydrogen-bond donors (Lipinski definition) is 2. The van der Waals surface area contributed by atoms with Crippen molar-refractivity contribution in [2.45, 2.75) is 36.9 Å². The zero-order valence-electron chi connectivity index (χ0n) is 11.3. The van der Waals surface area contributed by atoms with E-state index in [1.54, 1.807) is 11.8 Å². The molecular formula is C14H19NO3S. The molecule has 0 aliphatic carbocycles. The number of carboxylic acid groups (broad SMARTS) is 1. The van der Waals surface area contributed by atoms with Gasteiger partial charge in [0.2, 0.25) is 0 Å². The molecule has 1 aromatic rings. The van der Waals surface area contributed by atoms with Crippen LogP contribution in [0.4, 0.5) is 0 Å². The van der Waals surface area contributed by atoms with Crippen LogP contribution >= 0.6 is 11.8 Å². The minimum absolute atomic E-state index is 0.0566. The molecule has 0 amide bonds. The molecule has 5 heteroatoms. The van der Waals surface area contributed by atoms with Gasteiger partial charge in [0.25, 0.3) is 0 Å². The minimum Gasteiger partial charge on any atom is -0.494 e. The average Bonchev–Trinajstić information content (AvgIpc) is 2.66. The molecule has 0 saturated carbocycles. The Morgan fingerprint density at radius 2 is 2.16 bits per heavy atom. The minimum atomic E-state index is -0.811. The van der Waals surface area contributed by atoms with Crippen LogP contribution in [0.2, 0.25) is 0 Å². The summed E-state index contributed by atoms with van der Waals surface area (Å²) in [6.45, 7) is 6.44. The maximum Gasteiger partial charge on any atom is 0.322 e. The SMILES string of the molecule is CCOc1ccccc1C1NC(C(=O)O)C(C)(C)S1. The molecule has 1 heterocycles. The highest BCUT2D eigenvalue weighted by atomic mass is 32.2. The predicted molar refractivity (Wildman–Crippen MR) is 76.6 cm³/mol. The van der Waals surface area contributed by atoms with E-state index in [0.29, 0.717) is 6.61 Å². The molecule has 2 atom stereocenters. The van der Waals surface area contributed by atoms with Gasteiger partial charge in [0.05, 0.1) is 12.0 Å². The number of aliphatic carboxylic acids is 1. The van der Waals surface area contributed by atoms with Crippen molar-refractivity contribution in [3.05, 3.63) is 29.8 Å². The molecule has 104 valence electrons. The fourth-order valence-corrected chi connectivity index (χ4v) is 3.70. The van der Waals surface area contributed by atoms with E-state index >= 15 is 0 Å². The second-order valence-electron chi connectivity index (χ2n) is 5.01. The molecule has 4 nitrogen and oxygen atoms in total. The summed E-state index contributed by atoms with van der Waals surface area (Å²) >= 11 is 1.63. The first-order valence-corrected chi connectivity index (χ1v) is 7.22. The third-order valence-electron chi connectivity index (χ3n) is 3.18. The van der Waals surface area contributed by atoms with E-state index in [-0.39, 0.29) is 10.1 Å². The number of ether oxygens (including phenoxy) is 1. The van der Waals surface area contributed by atoms with E-state index in [2.05, 4.69) is 5.32 Å². The molecule has 2 rings (SSSR count). The number of thioether (sulfide) groups is 1. The van der Waals surface area contributed by atoms with Crippen LogP contribution in [0.1, 0.15) is 31.7 Å². The number of rotatable bonds is 4. The Morgan fingerprint density at radius 3 is 2.74 bits per heavy atom. The van der Waals surface area contributed by atoms with Gasteiger partial charge in [-0.25, -0.2) is 0 Å². The van der Waals surface area contributed by atoms with E-state index in [9.17, 15) is 9.90 Å². The Balaban J connectivity index is 2.27. The largest absolute Gasteiger partial charge is 0.494 e. The zero-order chi connectivity index (χ0) is 14.0. The van der Waals surface area contributed by atoms with Crippen LogP contribution in [0.3, 0.4) is 0 Å². The lowest BCUT2D eigenvalue weighted by Gasteiger charge is -2.20. The first kappa shape index (κ1) is 14.2. The Morgan fingerprint density at radius 1 is 1.47 bits per heavy atom. The molecule has 2 unspecified atom stereocenters. The Labute approximate surface area is 117 Å². The van der Waals surface area contributed by atoms with Crippen LogP contribution in [-0.2, 0) is 4.79 Å². The van der Waals surface area contributed by atoms with Crippen LogP contribution in [0, 0.1) is 0 Å². The number of carboxylic acids is 1. The lowest BCUT2D eigenvalue weighted by atomic mass is 10.0. The summed E-state index contributed by atoms with van der Waals surface area (Å²) in [6.07, 6.45) is 0. The summed E-state index contributed by atoms with van der Waals surface area (Å²) in [5, 5.41) is 12.4. The van der Waals surface area contributed by atoms with Crippen LogP contribution in [0.15, 0.2) is 24.3 Å². The molecule has 0 aromatic heterocycles. The molecule has 1 fully saturated rings. The third-order valence-corrected chi connectivity index (χ3v) is 4.65. The first-order valence-electron chi connectivity index (χ1n) is 6.34. The number of para-hydroxylation sites is 1. The highest BCUT2D eigenvalue weighted by Gasteiger charge is 2.46. The topological polar surface area (TPSA) is 58.6 Å². The highest BCUT2D eigenvalue weighted by molar-refractivity contribution is 8.01. The van der Waals surface area contributed by atoms with Crippen molar-refractivity contribution >= 4 is 17.7 Å². The molecule has 2 N–H and O–H groups in total. The van der Waals surface area contributed by atoms with Gasteiger partial charge in [0.15, 0.2) is 0 Å². The second kappa shape index (κ2) is 5.43. The lowest BCUT2D eigenvalue weighted by molar-refractivity contribution is -0.139. The predicted octanol–water partition coefficient (Wildman–Crippen LogP) is 2.65. The van der Waals surface area contributed by atoms with Gasteiger partial charge in [-0.3, -0.25) is 10.1 Å². The standard InChI is InChI=1S/C14H19NO3S/c1-4-18-10-8-6-5-7-9(10)12-15-11(13(16)17)14(2,3)19-12/h5-8,11-12,15H,4H2,1-3H3,(H,16,17). The summed E-state index contributed by atoms with van der Waals surface area (Å²) in [4.78, 5) is 11.3. The Bertz CT molecular complexity index is 476. The van der Waals surface area contributed by atoms with Crippen molar-refractivity contribution in [2.75, 3.05) is 6.61 Å². The van der Waals surface area contributed by atoms with Gasteiger partial charge in [-0.15, -0.1) is 11.8 Å². The van der Waals surface area contributed by atoms with Crippen molar-refractivity contribution in [1.82, 2.24) is 5.32 Å². The van der Waals surface area contributed by atoms with Crippen molar-refractivity contribution in [3.8, 4) is 5.75 Å². The van der Waals surface area contributed by atoms with Gasteiger partial charge in [0, 0.05) is 10.3 Å². The quantitative estimate of drug-likeness (QED) is 0.888. The molecule has 0 bridgehead atoms. The smallest absolute Gasteiger partial charge is 0.322 e. The third kappa shape index (κ3) is 2.87. The van der Waals surface area contributed by atoms with Crippen LogP contribution in [0.5, 0.6) is 5.75 Å². The maximum absolute atomic E-state index is 11.3. The second-order valence-corrected chi connectivity index (χ2v) is 6.77. The van der Waals surface area contributed by atoms with E-state index in [0.717, 1.165) is 11.3 Å². The zero-order valence-corrected chi connectivity index (χ0v) is 12.2. The number of hydrogen-bond acceptors (Lipinski definition) is 4. The molecule has 1 aromatic carbocycles. The molecule has 1 aliphatic heterocycles.